The Morgan fingerprint density at radius 2 is 2.29 bits per heavy atom. The molecule has 5 heteroatoms. The minimum absolute atomic E-state index is 0.0489. The van der Waals surface area contributed by atoms with Crippen molar-refractivity contribution in [3.8, 4) is 6.07 Å². The van der Waals surface area contributed by atoms with Gasteiger partial charge < -0.3 is 4.90 Å². The topological polar surface area (TPSA) is 44.1 Å². The molecular weight excluding hydrogens is 243 g/mol. The monoisotopic (exact) mass is 254 g/mol. The van der Waals surface area contributed by atoms with Crippen LogP contribution in [0.15, 0.2) is 18.2 Å². The van der Waals surface area contributed by atoms with E-state index < -0.39 is 11.7 Å². The molecule has 0 radical (unpaired) electrons. The van der Waals surface area contributed by atoms with Crippen LogP contribution in [0, 0.1) is 23.1 Å². The molecule has 1 atom stereocenters. The third kappa shape index (κ3) is 2.95. The molecule has 1 amide bonds. The zero-order valence-corrected chi connectivity index (χ0v) is 10.3. The summed E-state index contributed by atoms with van der Waals surface area (Å²) < 4.78 is 13.0. The van der Waals surface area contributed by atoms with E-state index in [4.69, 9.17) is 16.9 Å². The molecule has 1 aromatic rings. The summed E-state index contributed by atoms with van der Waals surface area (Å²) >= 11 is 5.63. The van der Waals surface area contributed by atoms with Crippen molar-refractivity contribution in [2.24, 2.45) is 5.92 Å². The highest BCUT2D eigenvalue weighted by molar-refractivity contribution is 6.31. The van der Waals surface area contributed by atoms with Crippen LogP contribution in [0.4, 0.5) is 10.1 Å². The average molecular weight is 255 g/mol. The first-order valence-electron chi connectivity index (χ1n) is 5.13. The second-order valence-electron chi connectivity index (χ2n) is 3.59. The first-order chi connectivity index (χ1) is 8.01. The lowest BCUT2D eigenvalue weighted by atomic mass is 10.1. The number of carbonyl (C=O) groups excluding carboxylic acids is 1. The fraction of sp³-hybridized carbons (Fsp3) is 0.333. The predicted molar refractivity (Wildman–Crippen MR) is 64.2 cm³/mol. The van der Waals surface area contributed by atoms with Crippen LogP contribution >= 0.6 is 11.6 Å². The highest BCUT2D eigenvalue weighted by atomic mass is 35.5. The number of hydrogen-bond acceptors (Lipinski definition) is 2. The van der Waals surface area contributed by atoms with Gasteiger partial charge in [-0.2, -0.15) is 5.26 Å². The van der Waals surface area contributed by atoms with Crippen LogP contribution in [0.3, 0.4) is 0 Å². The van der Waals surface area contributed by atoms with Crippen molar-refractivity contribution in [3.63, 3.8) is 0 Å². The second-order valence-corrected chi connectivity index (χ2v) is 3.99. The lowest BCUT2D eigenvalue weighted by Gasteiger charge is -2.19. The maximum absolute atomic E-state index is 13.0. The van der Waals surface area contributed by atoms with Gasteiger partial charge in [-0.25, -0.2) is 4.39 Å². The molecule has 0 N–H and O–H groups in total. The van der Waals surface area contributed by atoms with Gasteiger partial charge in [-0.1, -0.05) is 18.5 Å². The summed E-state index contributed by atoms with van der Waals surface area (Å²) in [5, 5.41) is 8.76. The summed E-state index contributed by atoms with van der Waals surface area (Å²) in [7, 11) is 1.53. The van der Waals surface area contributed by atoms with Crippen LogP contribution in [0.2, 0.25) is 5.02 Å². The minimum atomic E-state index is -0.691. The number of anilines is 1. The number of halogens is 2. The number of amides is 1. The Bertz CT molecular complexity index is 470. The molecule has 0 bridgehead atoms. The van der Waals surface area contributed by atoms with Gasteiger partial charge in [0.15, 0.2) is 0 Å². The Morgan fingerprint density at radius 1 is 1.65 bits per heavy atom. The maximum atomic E-state index is 13.0. The third-order valence-electron chi connectivity index (χ3n) is 2.48. The summed E-state index contributed by atoms with van der Waals surface area (Å²) in [5.41, 5.74) is 0.468. The summed E-state index contributed by atoms with van der Waals surface area (Å²) in [5.74, 6) is -1.55. The fourth-order valence-corrected chi connectivity index (χ4v) is 1.55. The minimum Gasteiger partial charge on any atom is -0.314 e. The summed E-state index contributed by atoms with van der Waals surface area (Å²) in [6.07, 6.45) is 0.439. The second kappa shape index (κ2) is 5.65. The molecule has 0 aliphatic heterocycles. The van der Waals surface area contributed by atoms with E-state index in [1.54, 1.807) is 6.92 Å². The number of nitrogens with zero attached hydrogens (tertiary/aromatic N) is 2. The Balaban J connectivity index is 2.97. The molecule has 3 nitrogen and oxygen atoms in total. The zero-order chi connectivity index (χ0) is 13.0. The number of hydrogen-bond donors (Lipinski definition) is 0. The first-order valence-corrected chi connectivity index (χ1v) is 5.51. The van der Waals surface area contributed by atoms with Gasteiger partial charge in [0.25, 0.3) is 0 Å². The van der Waals surface area contributed by atoms with Crippen LogP contribution in [0.5, 0.6) is 0 Å². The van der Waals surface area contributed by atoms with Gasteiger partial charge in [0.05, 0.1) is 11.1 Å². The molecule has 0 saturated heterocycles. The molecule has 90 valence electrons. The molecule has 1 unspecified atom stereocenters. The Kier molecular flexibility index (Phi) is 4.47. The molecule has 0 heterocycles. The largest absolute Gasteiger partial charge is 0.314 e. The van der Waals surface area contributed by atoms with Crippen LogP contribution in [0.1, 0.15) is 13.3 Å². The molecular formula is C12H12ClFN2O. The van der Waals surface area contributed by atoms with Gasteiger partial charge in [0, 0.05) is 12.7 Å². The van der Waals surface area contributed by atoms with Crippen molar-refractivity contribution in [2.75, 3.05) is 11.9 Å². The molecule has 1 rings (SSSR count). The number of benzene rings is 1. The molecule has 0 aliphatic rings. The van der Waals surface area contributed by atoms with Crippen molar-refractivity contribution < 1.29 is 9.18 Å². The zero-order valence-electron chi connectivity index (χ0n) is 9.58. The van der Waals surface area contributed by atoms with Crippen LogP contribution in [-0.2, 0) is 4.79 Å². The fourth-order valence-electron chi connectivity index (χ4n) is 1.38. The molecule has 0 aliphatic carbocycles. The smallest absolute Gasteiger partial charge is 0.244 e. The van der Waals surface area contributed by atoms with E-state index >= 15 is 0 Å². The lowest BCUT2D eigenvalue weighted by molar-refractivity contribution is -0.120. The van der Waals surface area contributed by atoms with E-state index in [0.717, 1.165) is 0 Å². The maximum Gasteiger partial charge on any atom is 0.244 e. The van der Waals surface area contributed by atoms with E-state index in [1.165, 1.54) is 30.1 Å². The van der Waals surface area contributed by atoms with Gasteiger partial charge >= 0.3 is 0 Å². The molecule has 0 fully saturated rings. The molecule has 1 aromatic carbocycles. The summed E-state index contributed by atoms with van der Waals surface area (Å²) in [6, 6.07) is 5.93. The Morgan fingerprint density at radius 3 is 2.76 bits per heavy atom. The molecule has 0 saturated carbocycles. The molecule has 0 spiro atoms. The molecule has 0 aromatic heterocycles. The van der Waals surface area contributed by atoms with Gasteiger partial charge in [-0.3, -0.25) is 4.79 Å². The SMILES string of the molecule is CCC(C#N)C(=O)N(C)c1ccc(F)c(Cl)c1. The van der Waals surface area contributed by atoms with E-state index in [1.807, 2.05) is 6.07 Å². The standard InChI is InChI=1S/C12H12ClFN2O/c1-3-8(7-15)12(17)16(2)9-4-5-11(14)10(13)6-9/h4-6,8H,3H2,1-2H3. The number of rotatable bonds is 3. The summed E-state index contributed by atoms with van der Waals surface area (Å²) in [6.45, 7) is 1.76. The van der Waals surface area contributed by atoms with Crippen LogP contribution in [-0.4, -0.2) is 13.0 Å². The van der Waals surface area contributed by atoms with Gasteiger partial charge in [0.1, 0.15) is 11.7 Å². The lowest BCUT2D eigenvalue weighted by Crippen LogP contribution is -2.32. The van der Waals surface area contributed by atoms with E-state index in [2.05, 4.69) is 0 Å². The van der Waals surface area contributed by atoms with Crippen molar-refractivity contribution in [2.45, 2.75) is 13.3 Å². The van der Waals surface area contributed by atoms with Gasteiger partial charge in [-0.05, 0) is 24.6 Å². The average Bonchev–Trinajstić information content (AvgIpc) is 2.33. The van der Waals surface area contributed by atoms with Crippen molar-refractivity contribution in [3.05, 3.63) is 29.0 Å². The number of carbonyl (C=O) groups is 1. The summed E-state index contributed by atoms with van der Waals surface area (Å²) in [4.78, 5) is 13.2. The number of nitriles is 1. The first kappa shape index (κ1) is 13.5. The van der Waals surface area contributed by atoms with Gasteiger partial charge in [-0.15, -0.1) is 0 Å². The van der Waals surface area contributed by atoms with E-state index in [0.29, 0.717) is 12.1 Å². The van der Waals surface area contributed by atoms with Crippen molar-refractivity contribution in [1.82, 2.24) is 0 Å². The van der Waals surface area contributed by atoms with E-state index in [-0.39, 0.29) is 10.9 Å². The normalized spacial score (nSPS) is 11.7. The van der Waals surface area contributed by atoms with Crippen LogP contribution < -0.4 is 4.90 Å². The third-order valence-corrected chi connectivity index (χ3v) is 2.77. The molecule has 17 heavy (non-hydrogen) atoms. The highest BCUT2D eigenvalue weighted by Crippen LogP contribution is 2.23. The van der Waals surface area contributed by atoms with Crippen LogP contribution in [0.25, 0.3) is 0 Å². The van der Waals surface area contributed by atoms with Crippen molar-refractivity contribution in [1.29, 1.82) is 5.26 Å². The Hall–Kier alpha value is -1.60. The van der Waals surface area contributed by atoms with Gasteiger partial charge in [0.2, 0.25) is 5.91 Å². The predicted octanol–water partition coefficient (Wildman–Crippen LogP) is 2.99. The van der Waals surface area contributed by atoms with Crippen molar-refractivity contribution >= 4 is 23.2 Å². The van der Waals surface area contributed by atoms with E-state index in [9.17, 15) is 9.18 Å². The Labute approximate surface area is 104 Å². The quantitative estimate of drug-likeness (QED) is 0.832. The highest BCUT2D eigenvalue weighted by Gasteiger charge is 2.21.